The summed E-state index contributed by atoms with van der Waals surface area (Å²) in [5, 5.41) is 23.7. The molecule has 2 fully saturated rings. The Labute approximate surface area is 271 Å². The van der Waals surface area contributed by atoms with E-state index in [1.54, 1.807) is 23.3 Å². The maximum Gasteiger partial charge on any atom is 0.319 e. The number of carbonyl (C=O) groups excluding carboxylic acids is 1. The number of carbonyl (C=O) groups is 1. The largest absolute Gasteiger partial charge is 0.508 e. The summed E-state index contributed by atoms with van der Waals surface area (Å²) in [6.45, 7) is 5.94. The van der Waals surface area contributed by atoms with Crippen LogP contribution in [0.25, 0.3) is 43.8 Å². The molecule has 0 aliphatic carbocycles. The van der Waals surface area contributed by atoms with E-state index in [2.05, 4.69) is 22.4 Å². The highest BCUT2D eigenvalue weighted by molar-refractivity contribution is 6.16. The maximum absolute atomic E-state index is 13.2. The SMILES string of the molecule is C=CC(=O)N1CCN(c2nc(OC[C@@H]3CCCN3CCF)nc3cc(-c4cc(O)cc5ccccc45)c4ccoc4c23)C[C@@H]1CC#N. The minimum atomic E-state index is -0.414. The van der Waals surface area contributed by atoms with Crippen LogP contribution in [0, 0.1) is 11.3 Å². The molecule has 0 bridgehead atoms. The van der Waals surface area contributed by atoms with Crippen molar-refractivity contribution in [2.45, 2.75) is 31.3 Å². The highest BCUT2D eigenvalue weighted by atomic mass is 19.1. The number of likely N-dealkylation sites (tertiary alicyclic amines) is 1. The average Bonchev–Trinajstić information content (AvgIpc) is 3.76. The van der Waals surface area contributed by atoms with Gasteiger partial charge in [-0.05, 0) is 71.6 Å². The third kappa shape index (κ3) is 5.70. The lowest BCUT2D eigenvalue weighted by atomic mass is 9.94. The smallest absolute Gasteiger partial charge is 0.319 e. The number of phenolic OH excluding ortho intramolecular Hbond substituents is 1. The van der Waals surface area contributed by atoms with E-state index in [1.807, 2.05) is 36.4 Å². The normalized spacial score (nSPS) is 18.6. The number of anilines is 1. The Hall–Kier alpha value is -5.21. The first-order valence-corrected chi connectivity index (χ1v) is 15.9. The third-order valence-electron chi connectivity index (χ3n) is 9.34. The van der Waals surface area contributed by atoms with Gasteiger partial charge in [-0.1, -0.05) is 30.8 Å². The molecule has 0 unspecified atom stereocenters. The van der Waals surface area contributed by atoms with Crippen molar-refractivity contribution in [3.05, 3.63) is 67.4 Å². The van der Waals surface area contributed by atoms with Gasteiger partial charge in [0.1, 0.15) is 30.4 Å². The van der Waals surface area contributed by atoms with Crippen LogP contribution in [0.5, 0.6) is 11.8 Å². The highest BCUT2D eigenvalue weighted by Gasteiger charge is 2.32. The number of aromatic hydroxyl groups is 1. The van der Waals surface area contributed by atoms with Crippen molar-refractivity contribution in [2.75, 3.05) is 50.9 Å². The van der Waals surface area contributed by atoms with E-state index < -0.39 is 6.67 Å². The van der Waals surface area contributed by atoms with Crippen molar-refractivity contribution in [3.8, 4) is 29.0 Å². The van der Waals surface area contributed by atoms with Crippen LogP contribution in [-0.4, -0.2) is 88.9 Å². The first-order valence-electron chi connectivity index (χ1n) is 15.9. The summed E-state index contributed by atoms with van der Waals surface area (Å²) in [5.41, 5.74) is 2.83. The van der Waals surface area contributed by atoms with E-state index in [0.29, 0.717) is 55.1 Å². The molecule has 3 aromatic carbocycles. The second-order valence-corrected chi connectivity index (χ2v) is 12.1. The Morgan fingerprint density at radius 3 is 2.81 bits per heavy atom. The summed E-state index contributed by atoms with van der Waals surface area (Å²) in [7, 11) is 0. The van der Waals surface area contributed by atoms with Gasteiger partial charge in [0.2, 0.25) is 5.91 Å². The lowest BCUT2D eigenvalue weighted by Gasteiger charge is -2.41. The number of amides is 1. The molecule has 10 nitrogen and oxygen atoms in total. The average molecular weight is 635 g/mol. The van der Waals surface area contributed by atoms with Crippen LogP contribution in [0.2, 0.25) is 0 Å². The zero-order valence-corrected chi connectivity index (χ0v) is 25.9. The van der Waals surface area contributed by atoms with Gasteiger partial charge in [-0.25, -0.2) is 4.39 Å². The molecule has 0 spiro atoms. The highest BCUT2D eigenvalue weighted by Crippen LogP contribution is 2.42. The molecule has 0 radical (unpaired) electrons. The van der Waals surface area contributed by atoms with Gasteiger partial charge in [0.05, 0.1) is 35.7 Å². The van der Waals surface area contributed by atoms with Gasteiger partial charge in [0.25, 0.3) is 0 Å². The van der Waals surface area contributed by atoms with Crippen molar-refractivity contribution in [3.63, 3.8) is 0 Å². The number of rotatable bonds is 9. The van der Waals surface area contributed by atoms with Gasteiger partial charge in [0, 0.05) is 37.6 Å². The number of halogens is 1. The van der Waals surface area contributed by atoms with E-state index in [0.717, 1.165) is 46.7 Å². The quantitative estimate of drug-likeness (QED) is 0.200. The molecule has 5 aromatic rings. The molecule has 2 saturated heterocycles. The lowest BCUT2D eigenvalue weighted by molar-refractivity contribution is -0.128. The Kier molecular flexibility index (Phi) is 8.35. The van der Waals surface area contributed by atoms with Crippen molar-refractivity contribution in [1.29, 1.82) is 5.26 Å². The van der Waals surface area contributed by atoms with Crippen LogP contribution in [-0.2, 0) is 4.79 Å². The van der Waals surface area contributed by atoms with Gasteiger partial charge >= 0.3 is 6.01 Å². The van der Waals surface area contributed by atoms with Crippen LogP contribution < -0.4 is 9.64 Å². The molecule has 1 amide bonds. The number of nitriles is 1. The van der Waals surface area contributed by atoms with Gasteiger partial charge in [0.15, 0.2) is 0 Å². The monoisotopic (exact) mass is 634 g/mol. The minimum absolute atomic E-state index is 0.0590. The fourth-order valence-corrected chi connectivity index (χ4v) is 7.12. The molecule has 0 saturated carbocycles. The number of alkyl halides is 1. The summed E-state index contributed by atoms with van der Waals surface area (Å²) in [6, 6.07) is 17.3. The molecule has 7 rings (SSSR count). The predicted molar refractivity (Wildman–Crippen MR) is 178 cm³/mol. The van der Waals surface area contributed by atoms with Crippen molar-refractivity contribution < 1.29 is 23.4 Å². The third-order valence-corrected chi connectivity index (χ3v) is 9.34. The standard InChI is InChI=1S/C36H35FN6O4/c1-2-32(45)43-16-15-42(21-24(43)9-12-38)35-33-31(39-36(40-35)47-22-25-7-5-13-41(25)14-11-37)20-30(28-10-17-46-34(28)33)29-19-26(44)18-23-6-3-4-8-27(23)29/h2-4,6,8,10,17-20,24-25,44H,1,5,7,9,11,13-16,21-22H2/t24-,25-/m0/s1. The molecule has 47 heavy (non-hydrogen) atoms. The number of piperazine rings is 1. The fraction of sp³-hybridized carbons (Fsp3) is 0.333. The van der Waals surface area contributed by atoms with Crippen molar-refractivity contribution in [1.82, 2.24) is 19.8 Å². The van der Waals surface area contributed by atoms with Crippen LogP contribution in [0.4, 0.5) is 10.2 Å². The molecule has 1 N–H and O–H groups in total. The van der Waals surface area contributed by atoms with Crippen molar-refractivity contribution >= 4 is 44.4 Å². The molecule has 2 aromatic heterocycles. The molecular weight excluding hydrogens is 599 g/mol. The number of aromatic nitrogens is 2. The number of benzene rings is 3. The number of nitrogens with zero attached hydrogens (tertiary/aromatic N) is 6. The summed E-state index contributed by atoms with van der Waals surface area (Å²) < 4.78 is 25.6. The first kappa shape index (κ1) is 30.4. The Morgan fingerprint density at radius 2 is 1.98 bits per heavy atom. The Bertz CT molecular complexity index is 2020. The van der Waals surface area contributed by atoms with Gasteiger partial charge in [-0.3, -0.25) is 9.69 Å². The number of furan rings is 1. The molecule has 2 aliphatic rings. The van der Waals surface area contributed by atoms with Crippen LogP contribution in [0.15, 0.2) is 71.9 Å². The van der Waals surface area contributed by atoms with E-state index in [-0.39, 0.29) is 36.2 Å². The summed E-state index contributed by atoms with van der Waals surface area (Å²) in [6.07, 6.45) is 4.94. The van der Waals surface area contributed by atoms with Crippen LogP contribution in [0.1, 0.15) is 19.3 Å². The maximum atomic E-state index is 13.2. The zero-order valence-electron chi connectivity index (χ0n) is 25.9. The van der Waals surface area contributed by atoms with E-state index in [9.17, 15) is 19.6 Å². The molecule has 11 heteroatoms. The first-order chi connectivity index (χ1) is 23.0. The van der Waals surface area contributed by atoms with E-state index >= 15 is 0 Å². The Balaban J connectivity index is 1.38. The number of hydrogen-bond acceptors (Lipinski definition) is 9. The van der Waals surface area contributed by atoms with Gasteiger partial charge < -0.3 is 24.1 Å². The zero-order chi connectivity index (χ0) is 32.5. The molecular formula is C36H35FN6O4. The summed E-state index contributed by atoms with van der Waals surface area (Å²) >= 11 is 0. The Morgan fingerprint density at radius 1 is 1.13 bits per heavy atom. The molecule has 2 aliphatic heterocycles. The van der Waals surface area contributed by atoms with Gasteiger partial charge in [-0.2, -0.15) is 15.2 Å². The molecule has 240 valence electrons. The topological polar surface area (TPSA) is 119 Å². The summed E-state index contributed by atoms with van der Waals surface area (Å²) in [5.74, 6) is 0.512. The number of fused-ring (bicyclic) bond motifs is 4. The van der Waals surface area contributed by atoms with Crippen LogP contribution >= 0.6 is 0 Å². The number of ether oxygens (including phenoxy) is 1. The van der Waals surface area contributed by atoms with E-state index in [4.69, 9.17) is 19.1 Å². The second kappa shape index (κ2) is 12.9. The van der Waals surface area contributed by atoms with Gasteiger partial charge in [-0.15, -0.1) is 0 Å². The lowest BCUT2D eigenvalue weighted by Crippen LogP contribution is -2.55. The van der Waals surface area contributed by atoms with Crippen LogP contribution in [0.3, 0.4) is 0 Å². The minimum Gasteiger partial charge on any atom is -0.508 e. The second-order valence-electron chi connectivity index (χ2n) is 12.1. The molecule has 4 heterocycles. The summed E-state index contributed by atoms with van der Waals surface area (Å²) in [4.78, 5) is 28.3. The van der Waals surface area contributed by atoms with E-state index in [1.165, 1.54) is 6.08 Å². The fourth-order valence-electron chi connectivity index (χ4n) is 7.12. The predicted octanol–water partition coefficient (Wildman–Crippen LogP) is 5.83. The van der Waals surface area contributed by atoms with Crippen molar-refractivity contribution in [2.24, 2.45) is 0 Å². The number of hydrogen-bond donors (Lipinski definition) is 1. The number of phenols is 1. The molecule has 2 atom stereocenters.